The first kappa shape index (κ1) is 8.43. The van der Waals surface area contributed by atoms with Gasteiger partial charge >= 0.3 is 0 Å². The van der Waals surface area contributed by atoms with Gasteiger partial charge in [0.05, 0.1) is 6.61 Å². The topological polar surface area (TPSA) is 41.8 Å². The molecule has 1 N–H and O–H groups in total. The number of aliphatic hydroxyl groups is 1. The second-order valence-corrected chi connectivity index (χ2v) is 1.46. The molecule has 0 saturated carbocycles. The first-order valence-corrected chi connectivity index (χ1v) is 3.12. The summed E-state index contributed by atoms with van der Waals surface area (Å²) in [7, 11) is 0. The molecule has 9 heavy (non-hydrogen) atoms. The fourth-order valence-electron chi connectivity index (χ4n) is 0.484. The molecule has 0 aromatic carbocycles. The third-order valence-corrected chi connectivity index (χ3v) is 0.781. The van der Waals surface area contributed by atoms with Gasteiger partial charge < -0.3 is 9.84 Å². The molecular weight excluding hydrogens is 118 g/mol. The summed E-state index contributed by atoms with van der Waals surface area (Å²) in [6, 6.07) is 0. The molecular formula is C6H13NO2. The van der Waals surface area contributed by atoms with E-state index in [2.05, 4.69) is 4.99 Å². The first-order chi connectivity index (χ1) is 4.35. The van der Waals surface area contributed by atoms with Gasteiger partial charge in [0, 0.05) is 6.54 Å². The lowest BCUT2D eigenvalue weighted by atomic mass is 10.6. The first-order valence-electron chi connectivity index (χ1n) is 3.12. The Morgan fingerprint density at radius 1 is 1.56 bits per heavy atom. The summed E-state index contributed by atoms with van der Waals surface area (Å²) < 4.78 is 4.93. The number of hydrogen-bond donors (Lipinski definition) is 1. The Labute approximate surface area is 55.4 Å². The van der Waals surface area contributed by atoms with Gasteiger partial charge in [-0.25, -0.2) is 0 Å². The summed E-state index contributed by atoms with van der Waals surface area (Å²) in [5.41, 5.74) is 0. The van der Waals surface area contributed by atoms with Gasteiger partial charge in [0.15, 0.2) is 0 Å². The Morgan fingerprint density at radius 2 is 2.22 bits per heavy atom. The van der Waals surface area contributed by atoms with Crippen LogP contribution < -0.4 is 0 Å². The van der Waals surface area contributed by atoms with Crippen molar-refractivity contribution in [2.75, 3.05) is 19.8 Å². The van der Waals surface area contributed by atoms with Crippen LogP contribution >= 0.6 is 0 Å². The van der Waals surface area contributed by atoms with Crippen LogP contribution in [0.25, 0.3) is 0 Å². The van der Waals surface area contributed by atoms with Crippen molar-refractivity contribution in [3.63, 3.8) is 0 Å². The van der Waals surface area contributed by atoms with E-state index in [-0.39, 0.29) is 6.61 Å². The monoisotopic (exact) mass is 131 g/mol. The van der Waals surface area contributed by atoms with Gasteiger partial charge in [0.25, 0.3) is 0 Å². The second-order valence-electron chi connectivity index (χ2n) is 1.46. The molecule has 54 valence electrons. The van der Waals surface area contributed by atoms with Gasteiger partial charge in [-0.3, -0.25) is 4.99 Å². The van der Waals surface area contributed by atoms with Crippen LogP contribution in [0.4, 0.5) is 0 Å². The molecule has 0 unspecified atom stereocenters. The molecule has 0 saturated heterocycles. The summed E-state index contributed by atoms with van der Waals surface area (Å²) in [6.07, 6.45) is 0. The summed E-state index contributed by atoms with van der Waals surface area (Å²) in [6.45, 7) is 4.90. The highest BCUT2D eigenvalue weighted by Gasteiger charge is 1.92. The zero-order valence-corrected chi connectivity index (χ0v) is 5.92. The lowest BCUT2D eigenvalue weighted by molar-refractivity contribution is 0.264. The van der Waals surface area contributed by atoms with Crippen molar-refractivity contribution in [1.29, 1.82) is 0 Å². The molecule has 0 spiro atoms. The number of aliphatic imine (C=N–C) groups is 1. The van der Waals surface area contributed by atoms with Crippen LogP contribution in [0.3, 0.4) is 0 Å². The predicted molar refractivity (Wildman–Crippen MR) is 36.7 cm³/mol. The van der Waals surface area contributed by atoms with E-state index in [4.69, 9.17) is 9.84 Å². The lowest BCUT2D eigenvalue weighted by Crippen LogP contribution is -2.09. The van der Waals surface area contributed by atoms with Crippen LogP contribution in [0.15, 0.2) is 4.99 Å². The van der Waals surface area contributed by atoms with Crippen LogP contribution in [0.1, 0.15) is 13.8 Å². The largest absolute Gasteiger partial charge is 0.480 e. The molecule has 3 heteroatoms. The Kier molecular flexibility index (Phi) is 5.21. The Morgan fingerprint density at radius 3 is 2.56 bits per heavy atom. The molecule has 0 radical (unpaired) electrons. The second kappa shape index (κ2) is 5.56. The number of aliphatic hydroxyl groups excluding tert-OH is 1. The summed E-state index contributed by atoms with van der Waals surface area (Å²) in [5, 5.41) is 8.53. The maximum atomic E-state index is 8.53. The molecule has 0 fully saturated rings. The lowest BCUT2D eigenvalue weighted by Gasteiger charge is -2.01. The average molecular weight is 131 g/mol. The van der Waals surface area contributed by atoms with Crippen molar-refractivity contribution < 1.29 is 9.84 Å². The SMILES string of the molecule is CCN=C(CO)OCC. The Balaban J connectivity index is 3.53. The molecule has 0 rings (SSSR count). The Hall–Kier alpha value is -0.570. The fraction of sp³-hybridized carbons (Fsp3) is 0.833. The van der Waals surface area contributed by atoms with Gasteiger partial charge in [-0.2, -0.15) is 0 Å². The van der Waals surface area contributed by atoms with E-state index in [9.17, 15) is 0 Å². The maximum Gasteiger partial charge on any atom is 0.209 e. The van der Waals surface area contributed by atoms with Crippen molar-refractivity contribution >= 4 is 5.90 Å². The minimum Gasteiger partial charge on any atom is -0.480 e. The van der Waals surface area contributed by atoms with Crippen LogP contribution in [0, 0.1) is 0 Å². The number of rotatable bonds is 3. The summed E-state index contributed by atoms with van der Waals surface area (Å²) in [5.74, 6) is 0.431. The highest BCUT2D eigenvalue weighted by molar-refractivity contribution is 5.76. The number of hydrogen-bond acceptors (Lipinski definition) is 3. The average Bonchev–Trinajstić information content (AvgIpc) is 1.88. The summed E-state index contributed by atoms with van der Waals surface area (Å²) in [4.78, 5) is 3.88. The third-order valence-electron chi connectivity index (χ3n) is 0.781. The normalized spacial score (nSPS) is 11.7. The number of nitrogens with zero attached hydrogens (tertiary/aromatic N) is 1. The van der Waals surface area contributed by atoms with E-state index in [1.807, 2.05) is 13.8 Å². The van der Waals surface area contributed by atoms with Crippen molar-refractivity contribution in [2.24, 2.45) is 4.99 Å². The molecule has 0 aromatic rings. The zero-order chi connectivity index (χ0) is 7.11. The standard InChI is InChI=1S/C6H13NO2/c1-3-7-6(5-8)9-4-2/h8H,3-5H2,1-2H3. The van der Waals surface area contributed by atoms with E-state index < -0.39 is 0 Å². The van der Waals surface area contributed by atoms with Gasteiger partial charge in [-0.05, 0) is 13.8 Å². The molecule has 0 heterocycles. The van der Waals surface area contributed by atoms with Gasteiger partial charge in [0.2, 0.25) is 5.90 Å². The molecule has 0 aliphatic carbocycles. The minimum atomic E-state index is -0.0956. The van der Waals surface area contributed by atoms with E-state index >= 15 is 0 Å². The van der Waals surface area contributed by atoms with E-state index in [0.29, 0.717) is 19.0 Å². The molecule has 0 amide bonds. The van der Waals surface area contributed by atoms with E-state index in [1.54, 1.807) is 0 Å². The van der Waals surface area contributed by atoms with Crippen molar-refractivity contribution in [3.8, 4) is 0 Å². The van der Waals surface area contributed by atoms with E-state index in [1.165, 1.54) is 0 Å². The van der Waals surface area contributed by atoms with Gasteiger partial charge in [-0.1, -0.05) is 0 Å². The van der Waals surface area contributed by atoms with Gasteiger partial charge in [-0.15, -0.1) is 0 Å². The molecule has 0 aliphatic heterocycles. The van der Waals surface area contributed by atoms with Crippen LogP contribution in [-0.4, -0.2) is 30.8 Å². The zero-order valence-electron chi connectivity index (χ0n) is 5.92. The third kappa shape index (κ3) is 3.97. The van der Waals surface area contributed by atoms with Crippen LogP contribution in [0.2, 0.25) is 0 Å². The van der Waals surface area contributed by atoms with E-state index in [0.717, 1.165) is 0 Å². The number of ether oxygens (including phenoxy) is 1. The molecule has 0 bridgehead atoms. The molecule has 0 aliphatic rings. The Bertz CT molecular complexity index is 91.1. The molecule has 0 aromatic heterocycles. The summed E-state index contributed by atoms with van der Waals surface area (Å²) >= 11 is 0. The molecule has 0 atom stereocenters. The smallest absolute Gasteiger partial charge is 0.209 e. The van der Waals surface area contributed by atoms with Gasteiger partial charge in [0.1, 0.15) is 6.61 Å². The highest BCUT2D eigenvalue weighted by Crippen LogP contribution is 1.80. The van der Waals surface area contributed by atoms with Crippen LogP contribution in [0.5, 0.6) is 0 Å². The van der Waals surface area contributed by atoms with Crippen molar-refractivity contribution in [1.82, 2.24) is 0 Å². The fourth-order valence-corrected chi connectivity index (χ4v) is 0.484. The van der Waals surface area contributed by atoms with Crippen molar-refractivity contribution in [3.05, 3.63) is 0 Å². The molecule has 3 nitrogen and oxygen atoms in total. The highest BCUT2D eigenvalue weighted by atomic mass is 16.5. The maximum absolute atomic E-state index is 8.53. The minimum absolute atomic E-state index is 0.0956. The predicted octanol–water partition coefficient (Wildman–Crippen LogP) is 0.434. The van der Waals surface area contributed by atoms with Crippen molar-refractivity contribution in [2.45, 2.75) is 13.8 Å². The van der Waals surface area contributed by atoms with Crippen LogP contribution in [-0.2, 0) is 4.74 Å². The quantitative estimate of drug-likeness (QED) is 0.446.